The SMILES string of the molecule is CC(C)(S)CCOC(C)(C)C1OC(CO)C(O)C(O)C1O. The van der Waals surface area contributed by atoms with Crippen molar-refractivity contribution in [3.8, 4) is 0 Å². The Kier molecular flexibility index (Phi) is 6.50. The molecule has 0 amide bonds. The normalized spacial score (nSPS) is 35.0. The van der Waals surface area contributed by atoms with Crippen molar-refractivity contribution < 1.29 is 29.9 Å². The Labute approximate surface area is 131 Å². The zero-order chi connectivity index (χ0) is 16.4. The van der Waals surface area contributed by atoms with E-state index >= 15 is 0 Å². The van der Waals surface area contributed by atoms with Gasteiger partial charge >= 0.3 is 0 Å². The molecule has 0 saturated carbocycles. The molecule has 0 aromatic rings. The molecule has 1 rings (SSSR count). The molecule has 0 aromatic heterocycles. The van der Waals surface area contributed by atoms with Crippen molar-refractivity contribution in [3.05, 3.63) is 0 Å². The molecule has 0 spiro atoms. The Bertz CT molecular complexity index is 328. The molecular weight excluding hydrogens is 296 g/mol. The summed E-state index contributed by atoms with van der Waals surface area (Å²) in [6, 6.07) is 0. The van der Waals surface area contributed by atoms with Crippen LogP contribution in [0.4, 0.5) is 0 Å². The van der Waals surface area contributed by atoms with Gasteiger partial charge in [0.1, 0.15) is 30.5 Å². The molecule has 1 saturated heterocycles. The first kappa shape index (κ1) is 19.2. The number of thiol groups is 1. The van der Waals surface area contributed by atoms with E-state index < -0.39 is 42.7 Å². The summed E-state index contributed by atoms with van der Waals surface area (Å²) in [6.45, 7) is 7.40. The minimum Gasteiger partial charge on any atom is -0.394 e. The monoisotopic (exact) mass is 324 g/mol. The average molecular weight is 324 g/mol. The minimum atomic E-state index is -1.38. The molecule has 7 heteroatoms. The second kappa shape index (κ2) is 7.12. The molecule has 1 aliphatic heterocycles. The van der Waals surface area contributed by atoms with Gasteiger partial charge in [-0.25, -0.2) is 0 Å². The molecule has 5 atom stereocenters. The van der Waals surface area contributed by atoms with E-state index in [-0.39, 0.29) is 4.75 Å². The maximum atomic E-state index is 10.1. The van der Waals surface area contributed by atoms with Crippen LogP contribution >= 0.6 is 12.6 Å². The molecule has 21 heavy (non-hydrogen) atoms. The average Bonchev–Trinajstić information content (AvgIpc) is 2.34. The van der Waals surface area contributed by atoms with Crippen LogP contribution in [0.25, 0.3) is 0 Å². The molecule has 126 valence electrons. The molecule has 0 aliphatic carbocycles. The Hall–Kier alpha value is 0.110. The Morgan fingerprint density at radius 1 is 1.05 bits per heavy atom. The predicted octanol–water partition coefficient (Wildman–Crippen LogP) is -0.278. The summed E-state index contributed by atoms with van der Waals surface area (Å²) in [5.41, 5.74) is -0.882. The molecule has 1 heterocycles. The van der Waals surface area contributed by atoms with Gasteiger partial charge in [0.15, 0.2) is 0 Å². The highest BCUT2D eigenvalue weighted by molar-refractivity contribution is 7.81. The summed E-state index contributed by atoms with van der Waals surface area (Å²) < 4.78 is 11.1. The van der Waals surface area contributed by atoms with Gasteiger partial charge in [-0.2, -0.15) is 12.6 Å². The second-order valence-corrected chi connectivity index (χ2v) is 7.97. The highest BCUT2D eigenvalue weighted by Gasteiger charge is 2.49. The van der Waals surface area contributed by atoms with E-state index in [1.165, 1.54) is 0 Å². The van der Waals surface area contributed by atoms with Gasteiger partial charge in [0, 0.05) is 11.4 Å². The van der Waals surface area contributed by atoms with Crippen LogP contribution in [0.5, 0.6) is 0 Å². The lowest BCUT2D eigenvalue weighted by Gasteiger charge is -2.46. The van der Waals surface area contributed by atoms with Crippen molar-refractivity contribution in [1.29, 1.82) is 0 Å². The summed E-state index contributed by atoms with van der Waals surface area (Å²) in [5, 5.41) is 38.9. The highest BCUT2D eigenvalue weighted by atomic mass is 32.1. The van der Waals surface area contributed by atoms with Gasteiger partial charge < -0.3 is 29.9 Å². The van der Waals surface area contributed by atoms with Crippen LogP contribution in [0.3, 0.4) is 0 Å². The summed E-state index contributed by atoms with van der Waals surface area (Å²) in [4.78, 5) is 0. The van der Waals surface area contributed by atoms with Gasteiger partial charge in [0.2, 0.25) is 0 Å². The smallest absolute Gasteiger partial charge is 0.115 e. The predicted molar refractivity (Wildman–Crippen MR) is 81.5 cm³/mol. The Balaban J connectivity index is 2.71. The van der Waals surface area contributed by atoms with Gasteiger partial charge in [-0.3, -0.25) is 0 Å². The summed E-state index contributed by atoms with van der Waals surface area (Å²) in [5.74, 6) is 0. The Morgan fingerprint density at radius 2 is 1.62 bits per heavy atom. The fourth-order valence-electron chi connectivity index (χ4n) is 2.32. The number of aliphatic hydroxyl groups excluding tert-OH is 4. The highest BCUT2D eigenvalue weighted by Crippen LogP contribution is 2.31. The molecule has 6 nitrogen and oxygen atoms in total. The number of ether oxygens (including phenoxy) is 2. The van der Waals surface area contributed by atoms with E-state index in [9.17, 15) is 20.4 Å². The lowest BCUT2D eigenvalue weighted by Crippen LogP contribution is -2.64. The van der Waals surface area contributed by atoms with Crippen molar-refractivity contribution >= 4 is 12.6 Å². The molecule has 1 fully saturated rings. The van der Waals surface area contributed by atoms with E-state index in [0.717, 1.165) is 0 Å². The summed E-state index contributed by atoms with van der Waals surface area (Å²) in [6.07, 6.45) is -5.09. The molecule has 0 bridgehead atoms. The number of aliphatic hydroxyl groups is 4. The topological polar surface area (TPSA) is 99.4 Å². The first-order valence-corrected chi connectivity index (χ1v) is 7.61. The Morgan fingerprint density at radius 3 is 2.10 bits per heavy atom. The fraction of sp³-hybridized carbons (Fsp3) is 1.00. The number of hydrogen-bond donors (Lipinski definition) is 5. The summed E-state index contributed by atoms with van der Waals surface area (Å²) in [7, 11) is 0. The third-order valence-electron chi connectivity index (χ3n) is 3.77. The van der Waals surface area contributed by atoms with E-state index in [0.29, 0.717) is 13.0 Å². The quantitative estimate of drug-likeness (QED) is 0.431. The summed E-state index contributed by atoms with van der Waals surface area (Å²) >= 11 is 4.42. The maximum Gasteiger partial charge on any atom is 0.115 e. The number of hydrogen-bond acceptors (Lipinski definition) is 7. The maximum absolute atomic E-state index is 10.1. The number of rotatable bonds is 6. The lowest BCUT2D eigenvalue weighted by atomic mass is 9.87. The second-order valence-electron chi connectivity index (χ2n) is 6.76. The largest absolute Gasteiger partial charge is 0.394 e. The molecule has 5 unspecified atom stereocenters. The van der Waals surface area contributed by atoms with Crippen LogP contribution < -0.4 is 0 Å². The lowest BCUT2D eigenvalue weighted by molar-refractivity contribution is -0.271. The molecule has 0 radical (unpaired) electrons. The van der Waals surface area contributed by atoms with Crippen LogP contribution in [0, 0.1) is 0 Å². The van der Waals surface area contributed by atoms with Crippen molar-refractivity contribution in [2.45, 2.75) is 75.0 Å². The van der Waals surface area contributed by atoms with Crippen molar-refractivity contribution in [2.75, 3.05) is 13.2 Å². The first-order chi connectivity index (χ1) is 9.49. The fourth-order valence-corrected chi connectivity index (χ4v) is 2.41. The van der Waals surface area contributed by atoms with Gasteiger partial charge in [0.25, 0.3) is 0 Å². The third-order valence-corrected chi connectivity index (χ3v) is 3.99. The standard InChI is InChI=1S/C14H28O6S/c1-13(2,21)5-6-19-14(3,4)12-11(18)10(17)9(16)8(7-15)20-12/h8-12,15-18,21H,5-7H2,1-4H3. The van der Waals surface area contributed by atoms with E-state index in [1.807, 2.05) is 13.8 Å². The molecule has 4 N–H and O–H groups in total. The van der Waals surface area contributed by atoms with Gasteiger partial charge in [-0.1, -0.05) is 13.8 Å². The zero-order valence-corrected chi connectivity index (χ0v) is 14.0. The van der Waals surface area contributed by atoms with Crippen LogP contribution in [-0.4, -0.2) is 74.5 Å². The van der Waals surface area contributed by atoms with Gasteiger partial charge in [-0.05, 0) is 20.3 Å². The van der Waals surface area contributed by atoms with E-state index in [2.05, 4.69) is 12.6 Å². The first-order valence-electron chi connectivity index (χ1n) is 7.16. The van der Waals surface area contributed by atoms with Crippen LogP contribution in [0.1, 0.15) is 34.1 Å². The van der Waals surface area contributed by atoms with Crippen LogP contribution in [0.15, 0.2) is 0 Å². The minimum absolute atomic E-state index is 0.175. The van der Waals surface area contributed by atoms with Crippen molar-refractivity contribution in [3.63, 3.8) is 0 Å². The molecular formula is C14H28O6S. The van der Waals surface area contributed by atoms with Gasteiger partial charge in [-0.15, -0.1) is 0 Å². The van der Waals surface area contributed by atoms with E-state index in [4.69, 9.17) is 9.47 Å². The third kappa shape index (κ3) is 5.06. The van der Waals surface area contributed by atoms with Crippen LogP contribution in [0.2, 0.25) is 0 Å². The molecule has 1 aliphatic rings. The van der Waals surface area contributed by atoms with Crippen molar-refractivity contribution in [1.82, 2.24) is 0 Å². The zero-order valence-electron chi connectivity index (χ0n) is 13.1. The van der Waals surface area contributed by atoms with Gasteiger partial charge in [0.05, 0.1) is 12.2 Å². The van der Waals surface area contributed by atoms with Crippen molar-refractivity contribution in [2.24, 2.45) is 0 Å². The van der Waals surface area contributed by atoms with E-state index in [1.54, 1.807) is 13.8 Å². The molecule has 0 aromatic carbocycles. The van der Waals surface area contributed by atoms with Crippen LogP contribution in [-0.2, 0) is 9.47 Å².